The van der Waals surface area contributed by atoms with Gasteiger partial charge in [0.25, 0.3) is 0 Å². The third-order valence-corrected chi connectivity index (χ3v) is 4.26. The van der Waals surface area contributed by atoms with Crippen LogP contribution in [0.2, 0.25) is 0 Å². The molecule has 2 heterocycles. The van der Waals surface area contributed by atoms with E-state index in [1.807, 2.05) is 13.8 Å². The van der Waals surface area contributed by atoms with Crippen LogP contribution in [0.5, 0.6) is 0 Å². The van der Waals surface area contributed by atoms with Crippen LogP contribution in [0.15, 0.2) is 21.4 Å². The number of tetrazole rings is 1. The maximum atomic E-state index is 11.6. The van der Waals surface area contributed by atoms with Crippen molar-refractivity contribution >= 4 is 21.9 Å². The minimum Gasteiger partial charge on any atom is -0.481 e. The van der Waals surface area contributed by atoms with Crippen molar-refractivity contribution in [3.63, 3.8) is 0 Å². The van der Waals surface area contributed by atoms with Crippen molar-refractivity contribution < 1.29 is 14.3 Å². The summed E-state index contributed by atoms with van der Waals surface area (Å²) in [4.78, 5) is 11.6. The number of hydrogen-bond donors (Lipinski definition) is 1. The molecule has 0 spiro atoms. The minimum absolute atomic E-state index is 0.218. The van der Waals surface area contributed by atoms with Crippen LogP contribution in [0.25, 0.3) is 11.4 Å². The zero-order valence-corrected chi connectivity index (χ0v) is 12.8. The van der Waals surface area contributed by atoms with Gasteiger partial charge in [0.05, 0.1) is 23.8 Å². The summed E-state index contributed by atoms with van der Waals surface area (Å²) in [6, 6.07) is 1.73. The second kappa shape index (κ2) is 5.74. The molecule has 0 fully saturated rings. The van der Waals surface area contributed by atoms with Crippen LogP contribution < -0.4 is 0 Å². The van der Waals surface area contributed by atoms with Crippen LogP contribution in [-0.4, -0.2) is 31.3 Å². The van der Waals surface area contributed by atoms with Crippen LogP contribution in [0.4, 0.5) is 0 Å². The Kier molecular flexibility index (Phi) is 4.22. The molecule has 108 valence electrons. The average molecular weight is 343 g/mol. The maximum Gasteiger partial charge on any atom is 0.311 e. The van der Waals surface area contributed by atoms with E-state index in [4.69, 9.17) is 4.42 Å². The van der Waals surface area contributed by atoms with Crippen LogP contribution in [-0.2, 0) is 11.3 Å². The number of hydrogen-bond acceptors (Lipinski definition) is 5. The Bertz CT molecular complexity index is 603. The summed E-state index contributed by atoms with van der Waals surface area (Å²) in [7, 11) is 0. The number of carbonyl (C=O) groups is 1. The summed E-state index contributed by atoms with van der Waals surface area (Å²) in [5, 5.41) is 21.0. The van der Waals surface area contributed by atoms with Crippen molar-refractivity contribution in [2.75, 3.05) is 0 Å². The average Bonchev–Trinajstić information content (AvgIpc) is 3.04. The first-order chi connectivity index (χ1) is 9.54. The van der Waals surface area contributed by atoms with Crippen molar-refractivity contribution in [2.45, 2.75) is 33.2 Å². The first kappa shape index (κ1) is 14.7. The van der Waals surface area contributed by atoms with Crippen LogP contribution >= 0.6 is 15.9 Å². The fourth-order valence-electron chi connectivity index (χ4n) is 2.09. The van der Waals surface area contributed by atoms with Gasteiger partial charge in [-0.05, 0) is 45.3 Å². The van der Waals surface area contributed by atoms with E-state index in [-0.39, 0.29) is 6.54 Å². The van der Waals surface area contributed by atoms with Gasteiger partial charge in [-0.25, -0.2) is 4.68 Å². The lowest BCUT2D eigenvalue weighted by Gasteiger charge is -2.26. The molecule has 0 saturated carbocycles. The first-order valence-corrected chi connectivity index (χ1v) is 7.06. The molecule has 1 N–H and O–H groups in total. The highest BCUT2D eigenvalue weighted by Gasteiger charge is 2.36. The van der Waals surface area contributed by atoms with E-state index in [1.54, 1.807) is 6.07 Å². The molecule has 0 bridgehead atoms. The normalized spacial score (nSPS) is 11.8. The number of aromatic nitrogens is 4. The predicted octanol–water partition coefficient (Wildman–Crippen LogP) is 2.59. The molecular weight excluding hydrogens is 328 g/mol. The number of carboxylic acid groups (broad SMARTS) is 1. The molecule has 0 radical (unpaired) electrons. The Labute approximate surface area is 124 Å². The molecule has 20 heavy (non-hydrogen) atoms. The molecule has 0 saturated heterocycles. The van der Waals surface area contributed by atoms with Gasteiger partial charge in [0.1, 0.15) is 0 Å². The molecule has 2 aromatic rings. The summed E-state index contributed by atoms with van der Waals surface area (Å²) in [6.45, 7) is 3.93. The lowest BCUT2D eigenvalue weighted by Crippen LogP contribution is -2.35. The van der Waals surface area contributed by atoms with E-state index >= 15 is 0 Å². The predicted molar refractivity (Wildman–Crippen MR) is 73.9 cm³/mol. The molecule has 0 aromatic carbocycles. The quantitative estimate of drug-likeness (QED) is 0.866. The lowest BCUT2D eigenvalue weighted by atomic mass is 9.82. The molecule has 0 aliphatic carbocycles. The first-order valence-electron chi connectivity index (χ1n) is 6.27. The van der Waals surface area contributed by atoms with E-state index in [0.717, 1.165) is 0 Å². The highest BCUT2D eigenvalue weighted by Crippen LogP contribution is 2.32. The third-order valence-electron chi connectivity index (χ3n) is 3.65. The largest absolute Gasteiger partial charge is 0.481 e. The number of rotatable bonds is 6. The molecule has 2 aromatic heterocycles. The third kappa shape index (κ3) is 2.47. The van der Waals surface area contributed by atoms with Gasteiger partial charge in [0, 0.05) is 0 Å². The lowest BCUT2D eigenvalue weighted by molar-refractivity contribution is -0.150. The number of aliphatic carboxylic acids is 1. The highest BCUT2D eigenvalue weighted by molar-refractivity contribution is 9.10. The SMILES string of the molecule is CCC(CC)(Cn1nnnc1-c1ccoc1Br)C(=O)O. The second-order valence-electron chi connectivity index (χ2n) is 4.56. The summed E-state index contributed by atoms with van der Waals surface area (Å²) in [5.41, 5.74) is -0.179. The van der Waals surface area contributed by atoms with Gasteiger partial charge >= 0.3 is 5.97 Å². The fourth-order valence-corrected chi connectivity index (χ4v) is 2.51. The molecule has 7 nitrogen and oxygen atoms in total. The Balaban J connectivity index is 2.38. The molecule has 2 rings (SSSR count). The monoisotopic (exact) mass is 342 g/mol. The van der Waals surface area contributed by atoms with Crippen molar-refractivity contribution in [3.05, 3.63) is 17.0 Å². The summed E-state index contributed by atoms with van der Waals surface area (Å²) in [5.74, 6) is -0.353. The Hall–Kier alpha value is -1.70. The van der Waals surface area contributed by atoms with Gasteiger partial charge in [-0.1, -0.05) is 13.8 Å². The Morgan fingerprint density at radius 3 is 2.70 bits per heavy atom. The summed E-state index contributed by atoms with van der Waals surface area (Å²) >= 11 is 3.27. The van der Waals surface area contributed by atoms with Gasteiger partial charge in [-0.3, -0.25) is 4.79 Å². The molecular formula is C12H15BrN4O3. The molecule has 8 heteroatoms. The second-order valence-corrected chi connectivity index (χ2v) is 5.28. The van der Waals surface area contributed by atoms with E-state index < -0.39 is 11.4 Å². The number of furan rings is 1. The maximum absolute atomic E-state index is 11.6. The molecule has 0 amide bonds. The van der Waals surface area contributed by atoms with E-state index in [9.17, 15) is 9.90 Å². The van der Waals surface area contributed by atoms with Gasteiger partial charge in [0.15, 0.2) is 10.5 Å². The number of nitrogens with zero attached hydrogens (tertiary/aromatic N) is 4. The van der Waals surface area contributed by atoms with Crippen LogP contribution in [0.3, 0.4) is 0 Å². The van der Waals surface area contributed by atoms with E-state index in [1.165, 1.54) is 10.9 Å². The van der Waals surface area contributed by atoms with Gasteiger partial charge in [-0.2, -0.15) is 0 Å². The smallest absolute Gasteiger partial charge is 0.311 e. The zero-order valence-electron chi connectivity index (χ0n) is 11.2. The molecule has 0 unspecified atom stereocenters. The van der Waals surface area contributed by atoms with E-state index in [0.29, 0.717) is 28.9 Å². The van der Waals surface area contributed by atoms with Crippen molar-refractivity contribution in [2.24, 2.45) is 5.41 Å². The van der Waals surface area contributed by atoms with Gasteiger partial charge < -0.3 is 9.52 Å². The highest BCUT2D eigenvalue weighted by atomic mass is 79.9. The molecule has 0 aliphatic rings. The standard InChI is InChI=1S/C12H15BrN4O3/c1-3-12(4-2,11(18)19)7-17-10(14-15-16-17)8-5-6-20-9(8)13/h5-6H,3-4,7H2,1-2H3,(H,18,19). The van der Waals surface area contributed by atoms with Crippen LogP contribution in [0, 0.1) is 5.41 Å². The van der Waals surface area contributed by atoms with Crippen molar-refractivity contribution in [1.29, 1.82) is 0 Å². The molecule has 0 atom stereocenters. The van der Waals surface area contributed by atoms with Gasteiger partial charge in [-0.15, -0.1) is 5.10 Å². The minimum atomic E-state index is -0.875. The zero-order chi connectivity index (χ0) is 14.8. The Morgan fingerprint density at radius 2 is 2.20 bits per heavy atom. The fraction of sp³-hybridized carbons (Fsp3) is 0.500. The Morgan fingerprint density at radius 1 is 1.50 bits per heavy atom. The summed E-state index contributed by atoms with van der Waals surface area (Å²) < 4.78 is 7.19. The summed E-state index contributed by atoms with van der Waals surface area (Å²) in [6.07, 6.45) is 2.53. The topological polar surface area (TPSA) is 94.0 Å². The number of halogens is 1. The molecule has 0 aliphatic heterocycles. The van der Waals surface area contributed by atoms with Crippen molar-refractivity contribution in [1.82, 2.24) is 20.2 Å². The number of carboxylic acids is 1. The van der Waals surface area contributed by atoms with Crippen LogP contribution in [0.1, 0.15) is 26.7 Å². The van der Waals surface area contributed by atoms with Gasteiger partial charge in [0.2, 0.25) is 0 Å². The van der Waals surface area contributed by atoms with E-state index in [2.05, 4.69) is 31.5 Å². The van der Waals surface area contributed by atoms with Crippen molar-refractivity contribution in [3.8, 4) is 11.4 Å².